The highest BCUT2D eigenvalue weighted by Crippen LogP contribution is 2.19. The predicted molar refractivity (Wildman–Crippen MR) is 89.6 cm³/mol. The Kier molecular flexibility index (Phi) is 5.40. The van der Waals surface area contributed by atoms with Crippen LogP contribution in [0.15, 0.2) is 33.9 Å². The van der Waals surface area contributed by atoms with Crippen molar-refractivity contribution in [2.45, 2.75) is 24.6 Å². The predicted octanol–water partition coefficient (Wildman–Crippen LogP) is 3.05. The Balaban J connectivity index is 1.46. The molecule has 1 amide bonds. The first-order chi connectivity index (χ1) is 11.2. The molecule has 0 bridgehead atoms. The fourth-order valence-corrected chi connectivity index (χ4v) is 3.10. The van der Waals surface area contributed by atoms with Crippen LogP contribution in [-0.2, 0) is 11.3 Å². The molecule has 1 aromatic heterocycles. The Morgan fingerprint density at radius 3 is 2.74 bits per heavy atom. The van der Waals surface area contributed by atoms with Crippen molar-refractivity contribution < 1.29 is 9.21 Å². The summed E-state index contributed by atoms with van der Waals surface area (Å²) in [7, 11) is 0. The van der Waals surface area contributed by atoms with Crippen LogP contribution in [0.1, 0.15) is 18.7 Å². The van der Waals surface area contributed by atoms with Crippen molar-refractivity contribution in [3.05, 3.63) is 35.2 Å². The summed E-state index contributed by atoms with van der Waals surface area (Å²) in [5, 5.41) is 12.2. The zero-order valence-corrected chi connectivity index (χ0v) is 14.1. The molecule has 1 saturated heterocycles. The van der Waals surface area contributed by atoms with Crippen LogP contribution in [0.5, 0.6) is 0 Å². The van der Waals surface area contributed by atoms with Gasteiger partial charge in [-0.2, -0.15) is 0 Å². The zero-order valence-electron chi connectivity index (χ0n) is 12.5. The van der Waals surface area contributed by atoms with Gasteiger partial charge >= 0.3 is 0 Å². The highest BCUT2D eigenvalue weighted by atomic mass is 35.5. The molecule has 1 aliphatic heterocycles. The van der Waals surface area contributed by atoms with Crippen LogP contribution in [-0.4, -0.2) is 39.8 Å². The molecule has 1 aliphatic rings. The summed E-state index contributed by atoms with van der Waals surface area (Å²) in [6.07, 6.45) is 2.19. The summed E-state index contributed by atoms with van der Waals surface area (Å²) < 4.78 is 5.52. The fraction of sp³-hybridized carbons (Fsp3) is 0.400. The van der Waals surface area contributed by atoms with E-state index in [-0.39, 0.29) is 5.91 Å². The molecule has 3 rings (SSSR count). The van der Waals surface area contributed by atoms with E-state index >= 15 is 0 Å². The molecule has 1 fully saturated rings. The number of hydrogen-bond acceptors (Lipinski definition) is 6. The normalized spacial score (nSPS) is 14.2. The Morgan fingerprint density at radius 1 is 1.26 bits per heavy atom. The Labute approximate surface area is 143 Å². The van der Waals surface area contributed by atoms with Crippen LogP contribution < -0.4 is 5.32 Å². The molecule has 8 heteroatoms. The maximum Gasteiger partial charge on any atom is 0.277 e. The minimum Gasteiger partial charge on any atom is -0.414 e. The average Bonchev–Trinajstić information content (AvgIpc) is 3.24. The van der Waals surface area contributed by atoms with E-state index in [9.17, 15) is 4.79 Å². The number of thioether (sulfide) groups is 1. The summed E-state index contributed by atoms with van der Waals surface area (Å²) in [4.78, 5) is 13.8. The number of carbonyl (C=O) groups excluding carboxylic acids is 1. The molecule has 0 saturated carbocycles. The second kappa shape index (κ2) is 7.70. The molecular weight excluding hydrogens is 336 g/mol. The van der Waals surface area contributed by atoms with Gasteiger partial charge < -0.3 is 14.6 Å². The molecule has 0 radical (unpaired) electrons. The number of likely N-dealkylation sites (tertiary alicyclic amines) is 1. The van der Waals surface area contributed by atoms with E-state index in [4.69, 9.17) is 16.0 Å². The smallest absolute Gasteiger partial charge is 0.277 e. The van der Waals surface area contributed by atoms with Gasteiger partial charge in [-0.25, -0.2) is 0 Å². The van der Waals surface area contributed by atoms with Crippen molar-refractivity contribution in [1.29, 1.82) is 0 Å². The van der Waals surface area contributed by atoms with Crippen molar-refractivity contribution in [1.82, 2.24) is 15.1 Å². The average molecular weight is 353 g/mol. The van der Waals surface area contributed by atoms with E-state index in [1.54, 1.807) is 0 Å². The summed E-state index contributed by atoms with van der Waals surface area (Å²) in [6, 6.07) is 7.37. The van der Waals surface area contributed by atoms with Crippen molar-refractivity contribution in [3.8, 4) is 0 Å². The molecule has 2 aromatic rings. The van der Waals surface area contributed by atoms with E-state index in [1.807, 2.05) is 29.2 Å². The fourth-order valence-electron chi connectivity index (χ4n) is 2.29. The molecule has 0 atom stereocenters. The highest BCUT2D eigenvalue weighted by molar-refractivity contribution is 7.99. The lowest BCUT2D eigenvalue weighted by molar-refractivity contribution is -0.127. The SMILES string of the molecule is O=C(CSc1nnc(CNc2ccc(Cl)cc2)o1)N1CCCC1. The molecule has 1 N–H and O–H groups in total. The molecule has 0 unspecified atom stereocenters. The van der Waals surface area contributed by atoms with Gasteiger partial charge in [-0.05, 0) is 37.1 Å². The van der Waals surface area contributed by atoms with E-state index in [1.165, 1.54) is 11.8 Å². The number of nitrogens with zero attached hydrogens (tertiary/aromatic N) is 3. The molecule has 0 spiro atoms. The minimum absolute atomic E-state index is 0.131. The quantitative estimate of drug-likeness (QED) is 0.806. The lowest BCUT2D eigenvalue weighted by Crippen LogP contribution is -2.29. The van der Waals surface area contributed by atoms with Gasteiger partial charge in [-0.1, -0.05) is 23.4 Å². The van der Waals surface area contributed by atoms with E-state index in [0.717, 1.165) is 31.6 Å². The number of halogens is 1. The van der Waals surface area contributed by atoms with Crippen molar-refractivity contribution >= 4 is 35.0 Å². The highest BCUT2D eigenvalue weighted by Gasteiger charge is 2.19. The number of rotatable bonds is 6. The number of nitrogens with one attached hydrogen (secondary N) is 1. The maximum absolute atomic E-state index is 12.0. The van der Waals surface area contributed by atoms with Crippen LogP contribution in [0.25, 0.3) is 0 Å². The maximum atomic E-state index is 12.0. The molecule has 122 valence electrons. The second-order valence-corrected chi connectivity index (χ2v) is 6.56. The van der Waals surface area contributed by atoms with Crippen molar-refractivity contribution in [2.24, 2.45) is 0 Å². The van der Waals surface area contributed by atoms with Gasteiger partial charge in [0.15, 0.2) is 0 Å². The van der Waals surface area contributed by atoms with Gasteiger partial charge in [0.05, 0.1) is 12.3 Å². The number of benzene rings is 1. The summed E-state index contributed by atoms with van der Waals surface area (Å²) in [6.45, 7) is 2.15. The van der Waals surface area contributed by atoms with Gasteiger partial charge in [0.2, 0.25) is 11.8 Å². The first kappa shape index (κ1) is 16.1. The Morgan fingerprint density at radius 2 is 2.00 bits per heavy atom. The van der Waals surface area contributed by atoms with Gasteiger partial charge in [-0.15, -0.1) is 10.2 Å². The zero-order chi connectivity index (χ0) is 16.1. The summed E-state index contributed by atoms with van der Waals surface area (Å²) in [5.41, 5.74) is 0.922. The molecule has 23 heavy (non-hydrogen) atoms. The summed E-state index contributed by atoms with van der Waals surface area (Å²) >= 11 is 7.12. The lowest BCUT2D eigenvalue weighted by atomic mass is 10.3. The largest absolute Gasteiger partial charge is 0.414 e. The van der Waals surface area contributed by atoms with Crippen LogP contribution >= 0.6 is 23.4 Å². The molecular formula is C15H17ClN4O2S. The second-order valence-electron chi connectivity index (χ2n) is 5.20. The van der Waals surface area contributed by atoms with Crippen LogP contribution in [0.2, 0.25) is 5.02 Å². The van der Waals surface area contributed by atoms with E-state index in [0.29, 0.717) is 28.4 Å². The standard InChI is InChI=1S/C15H17ClN4O2S/c16-11-3-5-12(6-4-11)17-9-13-18-19-15(22-13)23-10-14(21)20-7-1-2-8-20/h3-6,17H,1-2,7-10H2. The van der Waals surface area contributed by atoms with Crippen molar-refractivity contribution in [3.63, 3.8) is 0 Å². The van der Waals surface area contributed by atoms with E-state index < -0.39 is 0 Å². The Bertz CT molecular complexity index is 656. The number of amides is 1. The topological polar surface area (TPSA) is 71.3 Å². The first-order valence-corrected chi connectivity index (χ1v) is 8.79. The molecule has 1 aromatic carbocycles. The third-order valence-electron chi connectivity index (χ3n) is 3.51. The summed E-state index contributed by atoms with van der Waals surface area (Å²) in [5.74, 6) is 0.953. The number of anilines is 1. The Hall–Kier alpha value is -1.73. The van der Waals surface area contributed by atoms with E-state index in [2.05, 4.69) is 15.5 Å². The number of hydrogen-bond donors (Lipinski definition) is 1. The molecule has 2 heterocycles. The van der Waals surface area contributed by atoms with Crippen molar-refractivity contribution in [2.75, 3.05) is 24.2 Å². The molecule has 0 aliphatic carbocycles. The monoisotopic (exact) mass is 352 g/mol. The first-order valence-electron chi connectivity index (χ1n) is 7.43. The van der Waals surface area contributed by atoms with Gasteiger partial charge in [-0.3, -0.25) is 4.79 Å². The minimum atomic E-state index is 0.131. The number of carbonyl (C=O) groups is 1. The van der Waals surface area contributed by atoms with Crippen LogP contribution in [0, 0.1) is 0 Å². The third kappa shape index (κ3) is 4.62. The lowest BCUT2D eigenvalue weighted by Gasteiger charge is -2.13. The van der Waals surface area contributed by atoms with Crippen LogP contribution in [0.3, 0.4) is 0 Å². The van der Waals surface area contributed by atoms with Crippen LogP contribution in [0.4, 0.5) is 5.69 Å². The van der Waals surface area contributed by atoms with Gasteiger partial charge in [0.1, 0.15) is 0 Å². The van der Waals surface area contributed by atoms with Gasteiger partial charge in [0.25, 0.3) is 5.22 Å². The molecule has 6 nitrogen and oxygen atoms in total. The van der Waals surface area contributed by atoms with Gasteiger partial charge in [0, 0.05) is 23.8 Å². The third-order valence-corrected chi connectivity index (χ3v) is 4.57. The number of aromatic nitrogens is 2.